The SMILES string of the molecule is CC(=O)NS(=O)(=O)c1ccc(NC(=O)/C=C/c2ccco2)cc1. The molecule has 2 aromatic rings. The minimum absolute atomic E-state index is 0.0724. The van der Waals surface area contributed by atoms with Gasteiger partial charge in [-0.2, -0.15) is 0 Å². The van der Waals surface area contributed by atoms with E-state index in [-0.39, 0.29) is 10.8 Å². The molecule has 0 saturated carbocycles. The van der Waals surface area contributed by atoms with Crippen LogP contribution < -0.4 is 10.0 Å². The number of rotatable bonds is 5. The molecule has 0 spiro atoms. The Morgan fingerprint density at radius 1 is 1.13 bits per heavy atom. The van der Waals surface area contributed by atoms with E-state index in [1.54, 1.807) is 12.1 Å². The van der Waals surface area contributed by atoms with Crippen LogP contribution >= 0.6 is 0 Å². The summed E-state index contributed by atoms with van der Waals surface area (Å²) in [7, 11) is -3.88. The van der Waals surface area contributed by atoms with Gasteiger partial charge in [0.25, 0.3) is 10.0 Å². The van der Waals surface area contributed by atoms with Crippen LogP contribution in [0.1, 0.15) is 12.7 Å². The summed E-state index contributed by atoms with van der Waals surface area (Å²) in [5, 5.41) is 2.57. The summed E-state index contributed by atoms with van der Waals surface area (Å²) in [5.74, 6) is -0.527. The van der Waals surface area contributed by atoms with Crippen molar-refractivity contribution in [1.82, 2.24) is 4.72 Å². The Kier molecular flexibility index (Phi) is 4.97. The third kappa shape index (κ3) is 4.82. The number of carbonyl (C=O) groups excluding carboxylic acids is 2. The van der Waals surface area contributed by atoms with Gasteiger partial charge in [-0.3, -0.25) is 9.59 Å². The van der Waals surface area contributed by atoms with Gasteiger partial charge in [0, 0.05) is 18.7 Å². The lowest BCUT2D eigenvalue weighted by Gasteiger charge is -2.06. The van der Waals surface area contributed by atoms with Crippen molar-refractivity contribution in [3.05, 3.63) is 54.5 Å². The van der Waals surface area contributed by atoms with Crippen molar-refractivity contribution in [2.24, 2.45) is 0 Å². The summed E-state index contributed by atoms with van der Waals surface area (Å²) in [6, 6.07) is 8.83. The summed E-state index contributed by atoms with van der Waals surface area (Å²) in [4.78, 5) is 22.5. The molecule has 2 amide bonds. The number of benzene rings is 1. The van der Waals surface area contributed by atoms with Crippen molar-refractivity contribution < 1.29 is 22.4 Å². The second kappa shape index (κ2) is 6.93. The predicted molar refractivity (Wildman–Crippen MR) is 83.8 cm³/mol. The third-order valence-corrected chi connectivity index (χ3v) is 4.10. The van der Waals surface area contributed by atoms with E-state index < -0.39 is 15.9 Å². The maximum Gasteiger partial charge on any atom is 0.264 e. The zero-order valence-corrected chi connectivity index (χ0v) is 13.0. The maximum atomic E-state index is 11.8. The molecule has 1 heterocycles. The number of hydrogen-bond donors (Lipinski definition) is 2. The Labute approximate surface area is 133 Å². The molecule has 2 N–H and O–H groups in total. The highest BCUT2D eigenvalue weighted by Crippen LogP contribution is 2.14. The molecule has 1 aromatic heterocycles. The van der Waals surface area contributed by atoms with Crippen molar-refractivity contribution in [1.29, 1.82) is 0 Å². The van der Waals surface area contributed by atoms with Crippen LogP contribution in [-0.2, 0) is 19.6 Å². The molecule has 8 heteroatoms. The van der Waals surface area contributed by atoms with Crippen LogP contribution in [0.4, 0.5) is 5.69 Å². The third-order valence-electron chi connectivity index (χ3n) is 2.65. The summed E-state index contributed by atoms with van der Waals surface area (Å²) < 4.78 is 30.4. The van der Waals surface area contributed by atoms with Crippen LogP contribution in [0.5, 0.6) is 0 Å². The van der Waals surface area contributed by atoms with E-state index >= 15 is 0 Å². The van der Waals surface area contributed by atoms with Gasteiger partial charge < -0.3 is 9.73 Å². The van der Waals surface area contributed by atoms with E-state index in [1.165, 1.54) is 42.7 Å². The van der Waals surface area contributed by atoms with Crippen molar-refractivity contribution in [2.75, 3.05) is 5.32 Å². The van der Waals surface area contributed by atoms with Crippen LogP contribution in [-0.4, -0.2) is 20.2 Å². The molecule has 0 fully saturated rings. The molecule has 0 aliphatic carbocycles. The summed E-state index contributed by atoms with van der Waals surface area (Å²) in [6.07, 6.45) is 4.29. The quantitative estimate of drug-likeness (QED) is 0.811. The maximum absolute atomic E-state index is 11.8. The lowest BCUT2D eigenvalue weighted by Crippen LogP contribution is -2.28. The monoisotopic (exact) mass is 334 g/mol. The summed E-state index contributed by atoms with van der Waals surface area (Å²) in [5.41, 5.74) is 0.417. The lowest BCUT2D eigenvalue weighted by atomic mass is 10.3. The van der Waals surface area contributed by atoms with Gasteiger partial charge in [-0.15, -0.1) is 0 Å². The first-order chi connectivity index (χ1) is 10.9. The van der Waals surface area contributed by atoms with Crippen molar-refractivity contribution in [2.45, 2.75) is 11.8 Å². The molecule has 23 heavy (non-hydrogen) atoms. The highest BCUT2D eigenvalue weighted by molar-refractivity contribution is 7.90. The molecule has 0 atom stereocenters. The molecule has 0 saturated heterocycles. The minimum atomic E-state index is -3.88. The summed E-state index contributed by atoms with van der Waals surface area (Å²) in [6.45, 7) is 1.11. The number of sulfonamides is 1. The predicted octanol–water partition coefficient (Wildman–Crippen LogP) is 1.76. The van der Waals surface area contributed by atoms with E-state index in [4.69, 9.17) is 4.42 Å². The van der Waals surface area contributed by atoms with Crippen LogP contribution in [0.3, 0.4) is 0 Å². The average Bonchev–Trinajstić information content (AvgIpc) is 2.97. The molecule has 0 aliphatic rings. The number of hydrogen-bond acceptors (Lipinski definition) is 5. The smallest absolute Gasteiger partial charge is 0.264 e. The Balaban J connectivity index is 2.02. The summed E-state index contributed by atoms with van der Waals surface area (Å²) >= 11 is 0. The van der Waals surface area contributed by atoms with Gasteiger partial charge >= 0.3 is 0 Å². The Hall–Kier alpha value is -2.87. The lowest BCUT2D eigenvalue weighted by molar-refractivity contribution is -0.117. The van der Waals surface area contributed by atoms with Gasteiger partial charge in [-0.05, 0) is 42.5 Å². The first-order valence-corrected chi connectivity index (χ1v) is 8.01. The van der Waals surface area contributed by atoms with Crippen molar-refractivity contribution >= 4 is 33.6 Å². The molecule has 1 aromatic carbocycles. The largest absolute Gasteiger partial charge is 0.465 e. The first-order valence-electron chi connectivity index (χ1n) is 6.53. The van der Waals surface area contributed by atoms with Crippen molar-refractivity contribution in [3.8, 4) is 0 Å². The molecule has 120 valence electrons. The van der Waals surface area contributed by atoms with E-state index in [0.29, 0.717) is 11.4 Å². The van der Waals surface area contributed by atoms with Gasteiger partial charge in [0.2, 0.25) is 11.8 Å². The van der Waals surface area contributed by atoms with Crippen LogP contribution in [0.25, 0.3) is 6.08 Å². The van der Waals surface area contributed by atoms with Crippen molar-refractivity contribution in [3.63, 3.8) is 0 Å². The van der Waals surface area contributed by atoms with Gasteiger partial charge in [0.1, 0.15) is 5.76 Å². The van der Waals surface area contributed by atoms with Gasteiger partial charge in [-0.25, -0.2) is 13.1 Å². The normalized spacial score (nSPS) is 11.3. The molecule has 0 bridgehead atoms. The van der Waals surface area contributed by atoms with E-state index in [1.807, 2.05) is 4.72 Å². The fourth-order valence-corrected chi connectivity index (χ4v) is 2.68. The number of anilines is 1. The number of furan rings is 1. The van der Waals surface area contributed by atoms with E-state index in [2.05, 4.69) is 5.32 Å². The topological polar surface area (TPSA) is 105 Å². The Morgan fingerprint density at radius 3 is 2.39 bits per heavy atom. The molecular weight excluding hydrogens is 320 g/mol. The highest BCUT2D eigenvalue weighted by Gasteiger charge is 2.15. The van der Waals surface area contributed by atoms with Gasteiger partial charge in [0.15, 0.2) is 0 Å². The van der Waals surface area contributed by atoms with Gasteiger partial charge in [0.05, 0.1) is 11.2 Å². The first kappa shape index (κ1) is 16.5. The second-order valence-electron chi connectivity index (χ2n) is 4.52. The molecule has 2 rings (SSSR count). The zero-order chi connectivity index (χ0) is 16.9. The molecule has 7 nitrogen and oxygen atoms in total. The number of amides is 2. The number of nitrogens with one attached hydrogen (secondary N) is 2. The highest BCUT2D eigenvalue weighted by atomic mass is 32.2. The molecule has 0 aliphatic heterocycles. The standard InChI is InChI=1S/C15H14N2O5S/c1-11(18)17-23(20,21)14-7-4-12(5-8-14)16-15(19)9-6-13-3-2-10-22-13/h2-10H,1H3,(H,16,19)(H,17,18)/b9-6+. The van der Waals surface area contributed by atoms with E-state index in [0.717, 1.165) is 6.92 Å². The zero-order valence-electron chi connectivity index (χ0n) is 12.1. The van der Waals surface area contributed by atoms with Crippen LogP contribution in [0.15, 0.2) is 58.1 Å². The Morgan fingerprint density at radius 2 is 1.83 bits per heavy atom. The molecule has 0 radical (unpaired) electrons. The average molecular weight is 334 g/mol. The number of carbonyl (C=O) groups is 2. The van der Waals surface area contributed by atoms with Gasteiger partial charge in [-0.1, -0.05) is 0 Å². The van der Waals surface area contributed by atoms with E-state index in [9.17, 15) is 18.0 Å². The fourth-order valence-electron chi connectivity index (χ4n) is 1.69. The minimum Gasteiger partial charge on any atom is -0.465 e. The Bertz CT molecular complexity index is 821. The van der Waals surface area contributed by atoms with Crippen LogP contribution in [0.2, 0.25) is 0 Å². The molecule has 0 unspecified atom stereocenters. The van der Waals surface area contributed by atoms with Crippen LogP contribution in [0, 0.1) is 0 Å². The molecular formula is C15H14N2O5S. The second-order valence-corrected chi connectivity index (χ2v) is 6.21. The fraction of sp³-hybridized carbons (Fsp3) is 0.0667.